The summed E-state index contributed by atoms with van der Waals surface area (Å²) in [6, 6.07) is 0. The second-order valence-electron chi connectivity index (χ2n) is 5.01. The smallest absolute Gasteiger partial charge is 0.104 e. The Hall–Kier alpha value is 1.70. The largest absolute Gasteiger partial charge is 0.109 e. The van der Waals surface area contributed by atoms with Crippen LogP contribution in [-0.2, 0) is 11.8 Å². The molecule has 0 spiro atoms. The fraction of sp³-hybridized carbons (Fsp3) is 1.00. The SMILES string of the molecule is CCCCSP(=S)(SCC(C)C)SCC(C)C. The highest BCUT2D eigenvalue weighted by Crippen LogP contribution is 2.78. The summed E-state index contributed by atoms with van der Waals surface area (Å²) in [5, 5.41) is 0. The van der Waals surface area contributed by atoms with Gasteiger partial charge in [-0.05, 0) is 24.0 Å². The Morgan fingerprint density at radius 3 is 1.76 bits per heavy atom. The lowest BCUT2D eigenvalue weighted by atomic mass is 10.3. The third kappa shape index (κ3) is 11.2. The first-order valence-corrected chi connectivity index (χ1v) is 14.0. The summed E-state index contributed by atoms with van der Waals surface area (Å²) in [6.45, 7) is 11.4. The zero-order chi connectivity index (χ0) is 13.3. The molecule has 0 atom stereocenters. The standard InChI is InChI=1S/C12H27PS4/c1-6-7-8-15-13(14,16-9-11(2)3)17-10-12(4)5/h11-12H,6-10H2,1-5H3. The van der Waals surface area contributed by atoms with E-state index in [-0.39, 0.29) is 0 Å². The molecule has 17 heavy (non-hydrogen) atoms. The minimum atomic E-state index is -1.27. The van der Waals surface area contributed by atoms with Crippen LogP contribution in [0, 0.1) is 11.8 Å². The fourth-order valence-corrected chi connectivity index (χ4v) is 14.7. The average molecular weight is 331 g/mol. The highest BCUT2D eigenvalue weighted by atomic mass is 33.5. The average Bonchev–Trinajstić information content (AvgIpc) is 2.24. The minimum absolute atomic E-state index is 0.758. The van der Waals surface area contributed by atoms with Gasteiger partial charge in [-0.15, -0.1) is 34.1 Å². The molecule has 104 valence electrons. The molecule has 0 heterocycles. The molecule has 0 unspecified atom stereocenters. The second-order valence-corrected chi connectivity index (χ2v) is 20.8. The molecule has 0 saturated carbocycles. The summed E-state index contributed by atoms with van der Waals surface area (Å²) in [7, 11) is 0. The molecule has 0 amide bonds. The molecule has 0 aromatic rings. The highest BCUT2D eigenvalue weighted by molar-refractivity contribution is 9.23. The Morgan fingerprint density at radius 2 is 1.41 bits per heavy atom. The lowest BCUT2D eigenvalue weighted by Gasteiger charge is -2.22. The molecular weight excluding hydrogens is 303 g/mol. The maximum absolute atomic E-state index is 5.95. The van der Waals surface area contributed by atoms with Crippen molar-refractivity contribution < 1.29 is 0 Å². The molecule has 0 aromatic carbocycles. The van der Waals surface area contributed by atoms with Crippen LogP contribution in [0.5, 0.6) is 0 Å². The summed E-state index contributed by atoms with van der Waals surface area (Å²) in [5.41, 5.74) is 0. The van der Waals surface area contributed by atoms with E-state index in [1.165, 1.54) is 30.1 Å². The molecule has 0 aliphatic carbocycles. The van der Waals surface area contributed by atoms with Crippen molar-refractivity contribution in [3.63, 3.8) is 0 Å². The fourth-order valence-electron chi connectivity index (χ4n) is 0.913. The maximum atomic E-state index is 5.95. The van der Waals surface area contributed by atoms with Gasteiger partial charge in [0.1, 0.15) is 3.64 Å². The summed E-state index contributed by atoms with van der Waals surface area (Å²) in [6.07, 6.45) is 2.60. The van der Waals surface area contributed by atoms with E-state index in [9.17, 15) is 0 Å². The van der Waals surface area contributed by atoms with E-state index in [4.69, 9.17) is 11.8 Å². The predicted molar refractivity (Wildman–Crippen MR) is 96.2 cm³/mol. The van der Waals surface area contributed by atoms with Crippen LogP contribution in [0.3, 0.4) is 0 Å². The molecule has 0 rings (SSSR count). The first-order chi connectivity index (χ1) is 7.89. The van der Waals surface area contributed by atoms with Crippen molar-refractivity contribution in [2.75, 3.05) is 17.3 Å². The highest BCUT2D eigenvalue weighted by Gasteiger charge is 2.20. The third-order valence-electron chi connectivity index (χ3n) is 1.88. The van der Waals surface area contributed by atoms with Crippen LogP contribution in [0.25, 0.3) is 0 Å². The predicted octanol–water partition coefficient (Wildman–Crippen LogP) is 6.52. The Morgan fingerprint density at radius 1 is 0.941 bits per heavy atom. The zero-order valence-electron chi connectivity index (χ0n) is 11.8. The van der Waals surface area contributed by atoms with Crippen LogP contribution in [0.15, 0.2) is 0 Å². The lowest BCUT2D eigenvalue weighted by molar-refractivity contribution is 0.752. The van der Waals surface area contributed by atoms with Crippen LogP contribution < -0.4 is 0 Å². The second kappa shape index (κ2) is 10.5. The first-order valence-electron chi connectivity index (χ1n) is 6.43. The first kappa shape index (κ1) is 18.7. The van der Waals surface area contributed by atoms with Crippen LogP contribution in [-0.4, -0.2) is 17.3 Å². The monoisotopic (exact) mass is 330 g/mol. The molecule has 0 saturated heterocycles. The summed E-state index contributed by atoms with van der Waals surface area (Å²) in [4.78, 5) is 0. The summed E-state index contributed by atoms with van der Waals surface area (Å²) >= 11 is 12.2. The number of hydrogen-bond acceptors (Lipinski definition) is 4. The molecule has 0 aliphatic heterocycles. The van der Waals surface area contributed by atoms with Gasteiger partial charge in [-0.1, -0.05) is 52.8 Å². The van der Waals surface area contributed by atoms with Crippen LogP contribution in [0.1, 0.15) is 47.5 Å². The van der Waals surface area contributed by atoms with E-state index < -0.39 is 3.64 Å². The minimum Gasteiger partial charge on any atom is -0.104 e. The summed E-state index contributed by atoms with van der Waals surface area (Å²) in [5.74, 6) is 5.22. The number of unbranched alkanes of at least 4 members (excludes halogenated alkanes) is 1. The van der Waals surface area contributed by atoms with Gasteiger partial charge in [0.25, 0.3) is 0 Å². The quantitative estimate of drug-likeness (QED) is 0.330. The van der Waals surface area contributed by atoms with E-state index in [1.807, 2.05) is 0 Å². The van der Waals surface area contributed by atoms with E-state index in [0.717, 1.165) is 11.8 Å². The van der Waals surface area contributed by atoms with Gasteiger partial charge >= 0.3 is 0 Å². The van der Waals surface area contributed by atoms with E-state index >= 15 is 0 Å². The van der Waals surface area contributed by atoms with Gasteiger partial charge in [-0.3, -0.25) is 0 Å². The molecular formula is C12H27PS4. The van der Waals surface area contributed by atoms with Crippen molar-refractivity contribution >= 4 is 49.6 Å². The summed E-state index contributed by atoms with van der Waals surface area (Å²) < 4.78 is -1.27. The molecule has 0 nitrogen and oxygen atoms in total. The Bertz CT molecular complexity index is 213. The molecule has 0 bridgehead atoms. The van der Waals surface area contributed by atoms with Crippen molar-refractivity contribution in [3.8, 4) is 0 Å². The van der Waals surface area contributed by atoms with E-state index in [2.05, 4.69) is 68.8 Å². The normalized spacial score (nSPS) is 12.6. The van der Waals surface area contributed by atoms with Gasteiger partial charge < -0.3 is 0 Å². The lowest BCUT2D eigenvalue weighted by Crippen LogP contribution is -1.92. The van der Waals surface area contributed by atoms with Gasteiger partial charge in [0, 0.05) is 11.5 Å². The van der Waals surface area contributed by atoms with Crippen molar-refractivity contribution in [1.29, 1.82) is 0 Å². The van der Waals surface area contributed by atoms with Gasteiger partial charge in [-0.2, -0.15) is 0 Å². The van der Waals surface area contributed by atoms with Crippen molar-refractivity contribution in [3.05, 3.63) is 0 Å². The number of rotatable bonds is 10. The Kier molecular flexibility index (Phi) is 11.5. The molecule has 0 radical (unpaired) electrons. The van der Waals surface area contributed by atoms with Gasteiger partial charge in [0.15, 0.2) is 0 Å². The molecule has 0 aromatic heterocycles. The molecule has 0 fully saturated rings. The molecule has 0 N–H and O–H groups in total. The molecule has 0 aliphatic rings. The van der Waals surface area contributed by atoms with E-state index in [0.29, 0.717) is 0 Å². The van der Waals surface area contributed by atoms with Gasteiger partial charge in [0.2, 0.25) is 0 Å². The van der Waals surface area contributed by atoms with Gasteiger partial charge in [-0.25, -0.2) is 0 Å². The van der Waals surface area contributed by atoms with Crippen molar-refractivity contribution in [1.82, 2.24) is 0 Å². The van der Waals surface area contributed by atoms with Crippen molar-refractivity contribution in [2.24, 2.45) is 11.8 Å². The third-order valence-corrected chi connectivity index (χ3v) is 17.8. The molecule has 5 heteroatoms. The van der Waals surface area contributed by atoms with Crippen LogP contribution >= 0.6 is 37.8 Å². The van der Waals surface area contributed by atoms with Crippen LogP contribution in [0.2, 0.25) is 0 Å². The maximum Gasteiger partial charge on any atom is 0.109 e. The number of hydrogen-bond donors (Lipinski definition) is 0. The van der Waals surface area contributed by atoms with Crippen LogP contribution in [0.4, 0.5) is 0 Å². The van der Waals surface area contributed by atoms with E-state index in [1.54, 1.807) is 0 Å². The van der Waals surface area contributed by atoms with Crippen molar-refractivity contribution in [2.45, 2.75) is 47.5 Å². The topological polar surface area (TPSA) is 0 Å². The Balaban J connectivity index is 4.19. The van der Waals surface area contributed by atoms with Gasteiger partial charge in [0.05, 0.1) is 0 Å². The zero-order valence-corrected chi connectivity index (χ0v) is 15.9. The Labute approximate surface area is 125 Å².